The molecule has 23 heavy (non-hydrogen) atoms. The van der Waals surface area contributed by atoms with E-state index in [0.29, 0.717) is 18.0 Å². The van der Waals surface area contributed by atoms with Gasteiger partial charge in [0.05, 0.1) is 6.54 Å². The summed E-state index contributed by atoms with van der Waals surface area (Å²) in [7, 11) is 0. The molecule has 0 radical (unpaired) electrons. The van der Waals surface area contributed by atoms with Gasteiger partial charge in [0.2, 0.25) is 5.91 Å². The van der Waals surface area contributed by atoms with Crippen molar-refractivity contribution in [3.05, 3.63) is 70.5 Å². The van der Waals surface area contributed by atoms with Crippen LogP contribution in [0.4, 0.5) is 4.39 Å². The molecule has 0 fully saturated rings. The lowest BCUT2D eigenvalue weighted by atomic mass is 10.1. The predicted octanol–water partition coefficient (Wildman–Crippen LogP) is 3.49. The molecule has 0 unspecified atom stereocenters. The molecule has 2 rings (SSSR count). The maximum absolute atomic E-state index is 12.8. The van der Waals surface area contributed by atoms with Crippen molar-refractivity contribution >= 4 is 17.5 Å². The van der Waals surface area contributed by atoms with E-state index in [1.54, 1.807) is 12.1 Å². The van der Waals surface area contributed by atoms with Crippen molar-refractivity contribution in [1.82, 2.24) is 10.6 Å². The average Bonchev–Trinajstić information content (AvgIpc) is 2.55. The number of carbonyl (C=O) groups excluding carboxylic acids is 1. The highest BCUT2D eigenvalue weighted by molar-refractivity contribution is 6.30. The maximum Gasteiger partial charge on any atom is 0.233 e. The molecule has 122 valence electrons. The smallest absolute Gasteiger partial charge is 0.233 e. The van der Waals surface area contributed by atoms with Crippen molar-refractivity contribution in [3.8, 4) is 0 Å². The first kappa shape index (κ1) is 17.4. The third kappa shape index (κ3) is 6.00. The quantitative estimate of drug-likeness (QED) is 0.813. The maximum atomic E-state index is 12.8. The van der Waals surface area contributed by atoms with E-state index in [9.17, 15) is 9.18 Å². The molecule has 1 amide bonds. The summed E-state index contributed by atoms with van der Waals surface area (Å²) in [5.74, 6) is -0.314. The summed E-state index contributed by atoms with van der Waals surface area (Å²) in [5.41, 5.74) is 2.07. The van der Waals surface area contributed by atoms with Gasteiger partial charge in [0.1, 0.15) is 5.82 Å². The number of rotatable bonds is 7. The summed E-state index contributed by atoms with van der Waals surface area (Å²) in [6, 6.07) is 13.9. The molecule has 0 bridgehead atoms. The summed E-state index contributed by atoms with van der Waals surface area (Å²) in [5, 5.41) is 6.71. The second-order valence-electron chi connectivity index (χ2n) is 5.38. The molecule has 2 aromatic rings. The highest BCUT2D eigenvalue weighted by Gasteiger charge is 2.07. The molecule has 0 aliphatic carbocycles. The van der Waals surface area contributed by atoms with Crippen molar-refractivity contribution < 1.29 is 9.18 Å². The summed E-state index contributed by atoms with van der Waals surface area (Å²) < 4.78 is 12.8. The van der Waals surface area contributed by atoms with Crippen LogP contribution in [0, 0.1) is 5.82 Å². The van der Waals surface area contributed by atoms with E-state index in [2.05, 4.69) is 10.6 Å². The van der Waals surface area contributed by atoms with Crippen molar-refractivity contribution in [2.24, 2.45) is 0 Å². The number of halogens is 2. The van der Waals surface area contributed by atoms with Crippen LogP contribution in [0.1, 0.15) is 24.1 Å². The molecule has 2 N–H and O–H groups in total. The van der Waals surface area contributed by atoms with Gasteiger partial charge in [-0.1, -0.05) is 35.9 Å². The zero-order valence-corrected chi connectivity index (χ0v) is 13.7. The molecule has 5 heteroatoms. The number of amides is 1. The Kier molecular flexibility index (Phi) is 6.56. The lowest BCUT2D eigenvalue weighted by Gasteiger charge is -2.14. The van der Waals surface area contributed by atoms with E-state index >= 15 is 0 Å². The topological polar surface area (TPSA) is 41.1 Å². The van der Waals surface area contributed by atoms with E-state index in [4.69, 9.17) is 11.6 Å². The Morgan fingerprint density at radius 2 is 1.78 bits per heavy atom. The van der Waals surface area contributed by atoms with Crippen molar-refractivity contribution in [2.75, 3.05) is 13.1 Å². The summed E-state index contributed by atoms with van der Waals surface area (Å²) >= 11 is 5.85. The fourth-order valence-electron chi connectivity index (χ4n) is 2.17. The highest BCUT2D eigenvalue weighted by Crippen LogP contribution is 2.15. The normalized spacial score (nSPS) is 12.0. The minimum atomic E-state index is -0.252. The van der Waals surface area contributed by atoms with Crippen LogP contribution in [0.2, 0.25) is 5.02 Å². The molecular weight excluding hydrogens is 315 g/mol. The average molecular weight is 335 g/mol. The number of carbonyl (C=O) groups is 1. The first-order valence-electron chi connectivity index (χ1n) is 7.54. The lowest BCUT2D eigenvalue weighted by Crippen LogP contribution is -2.36. The first-order chi connectivity index (χ1) is 11.0. The fraction of sp³-hybridized carbons (Fsp3) is 0.278. The van der Waals surface area contributed by atoms with Crippen LogP contribution in [0.5, 0.6) is 0 Å². The second kappa shape index (κ2) is 8.65. The van der Waals surface area contributed by atoms with Crippen LogP contribution in [0.15, 0.2) is 48.5 Å². The van der Waals surface area contributed by atoms with Gasteiger partial charge in [-0.25, -0.2) is 4.39 Å². The van der Waals surface area contributed by atoms with Crippen LogP contribution < -0.4 is 10.6 Å². The Hall–Kier alpha value is -1.91. The Labute approximate surface area is 140 Å². The molecule has 2 aromatic carbocycles. The number of benzene rings is 2. The molecule has 1 atom stereocenters. The number of hydrogen-bond donors (Lipinski definition) is 2. The Morgan fingerprint density at radius 1 is 1.13 bits per heavy atom. The Balaban J connectivity index is 1.68. The van der Waals surface area contributed by atoms with Gasteiger partial charge in [-0.2, -0.15) is 0 Å². The van der Waals surface area contributed by atoms with Crippen molar-refractivity contribution in [2.45, 2.75) is 19.4 Å². The number of nitrogens with one attached hydrogen (secondary N) is 2. The van der Waals surface area contributed by atoms with Gasteiger partial charge in [0, 0.05) is 17.6 Å². The minimum absolute atomic E-state index is 0.0621. The molecule has 0 spiro atoms. The molecule has 0 aliphatic heterocycles. The van der Waals surface area contributed by atoms with E-state index in [-0.39, 0.29) is 24.3 Å². The Morgan fingerprint density at radius 3 is 2.43 bits per heavy atom. The molecule has 3 nitrogen and oxygen atoms in total. The Bertz CT molecular complexity index is 628. The highest BCUT2D eigenvalue weighted by atomic mass is 35.5. The van der Waals surface area contributed by atoms with Gasteiger partial charge in [0.25, 0.3) is 0 Å². The van der Waals surface area contributed by atoms with Gasteiger partial charge >= 0.3 is 0 Å². The van der Waals surface area contributed by atoms with E-state index in [1.165, 1.54) is 12.1 Å². The zero-order valence-electron chi connectivity index (χ0n) is 13.0. The standard InChI is InChI=1S/C18H20ClFN2O/c1-13(15-4-6-16(19)7-5-15)22-12-18(23)21-11-10-14-2-8-17(20)9-3-14/h2-9,13,22H,10-12H2,1H3,(H,21,23)/t13-/m1/s1. The SMILES string of the molecule is C[C@@H](NCC(=O)NCCc1ccc(F)cc1)c1ccc(Cl)cc1. The van der Waals surface area contributed by atoms with Gasteiger partial charge in [-0.05, 0) is 48.7 Å². The summed E-state index contributed by atoms with van der Waals surface area (Å²) in [4.78, 5) is 11.8. The van der Waals surface area contributed by atoms with Crippen LogP contribution in [-0.2, 0) is 11.2 Å². The van der Waals surface area contributed by atoms with E-state index in [0.717, 1.165) is 11.1 Å². The van der Waals surface area contributed by atoms with Crippen LogP contribution in [0.3, 0.4) is 0 Å². The van der Waals surface area contributed by atoms with Crippen LogP contribution in [-0.4, -0.2) is 19.0 Å². The molecule has 0 saturated carbocycles. The summed E-state index contributed by atoms with van der Waals surface area (Å²) in [6.07, 6.45) is 0.679. The van der Waals surface area contributed by atoms with Gasteiger partial charge < -0.3 is 10.6 Å². The van der Waals surface area contributed by atoms with E-state index < -0.39 is 0 Å². The van der Waals surface area contributed by atoms with Gasteiger partial charge in [0.15, 0.2) is 0 Å². The van der Waals surface area contributed by atoms with Gasteiger partial charge in [-0.15, -0.1) is 0 Å². The van der Waals surface area contributed by atoms with Crippen LogP contribution in [0.25, 0.3) is 0 Å². The van der Waals surface area contributed by atoms with Crippen molar-refractivity contribution in [3.63, 3.8) is 0 Å². The number of hydrogen-bond acceptors (Lipinski definition) is 2. The molecule has 0 aromatic heterocycles. The summed E-state index contributed by atoms with van der Waals surface area (Å²) in [6.45, 7) is 2.77. The third-order valence-corrected chi connectivity index (χ3v) is 3.84. The molecule has 0 aliphatic rings. The van der Waals surface area contributed by atoms with E-state index in [1.807, 2.05) is 31.2 Å². The van der Waals surface area contributed by atoms with Gasteiger partial charge in [-0.3, -0.25) is 4.79 Å². The second-order valence-corrected chi connectivity index (χ2v) is 5.82. The predicted molar refractivity (Wildman–Crippen MR) is 91.0 cm³/mol. The molecule has 0 saturated heterocycles. The largest absolute Gasteiger partial charge is 0.355 e. The fourth-order valence-corrected chi connectivity index (χ4v) is 2.30. The lowest BCUT2D eigenvalue weighted by molar-refractivity contribution is -0.120. The zero-order chi connectivity index (χ0) is 16.7. The monoisotopic (exact) mass is 334 g/mol. The third-order valence-electron chi connectivity index (χ3n) is 3.59. The molecular formula is C18H20ClFN2O. The van der Waals surface area contributed by atoms with Crippen LogP contribution >= 0.6 is 11.6 Å². The minimum Gasteiger partial charge on any atom is -0.355 e. The first-order valence-corrected chi connectivity index (χ1v) is 7.92. The van der Waals surface area contributed by atoms with Crippen molar-refractivity contribution in [1.29, 1.82) is 0 Å². The molecule has 0 heterocycles.